The number of hydrogen-bond donors (Lipinski definition) is 2. The first-order valence-corrected chi connectivity index (χ1v) is 8.01. The maximum atomic E-state index is 12.3. The van der Waals surface area contributed by atoms with E-state index in [0.717, 1.165) is 22.9 Å². The summed E-state index contributed by atoms with van der Waals surface area (Å²) in [7, 11) is 1.71. The van der Waals surface area contributed by atoms with Crippen LogP contribution >= 0.6 is 24.0 Å². The van der Waals surface area contributed by atoms with E-state index in [9.17, 15) is 9.59 Å². The fourth-order valence-corrected chi connectivity index (χ4v) is 2.84. The van der Waals surface area contributed by atoms with Gasteiger partial charge in [0.15, 0.2) is 5.11 Å². The molecule has 1 heterocycles. The van der Waals surface area contributed by atoms with Crippen molar-refractivity contribution in [2.75, 3.05) is 20.1 Å². The SMILES string of the molecule is CNC(=S)NCCN1C(=O)S/C(=C\c2ccc(C)cc2)C1=O. The van der Waals surface area contributed by atoms with E-state index in [2.05, 4.69) is 10.6 Å². The highest BCUT2D eigenvalue weighted by Gasteiger charge is 2.34. The Kier molecular flexibility index (Phi) is 5.57. The first-order valence-electron chi connectivity index (χ1n) is 6.79. The molecule has 0 spiro atoms. The van der Waals surface area contributed by atoms with Crippen molar-refractivity contribution in [3.63, 3.8) is 0 Å². The van der Waals surface area contributed by atoms with Crippen molar-refractivity contribution in [3.8, 4) is 0 Å². The number of imide groups is 1. The van der Waals surface area contributed by atoms with Crippen LogP contribution in [0.5, 0.6) is 0 Å². The highest BCUT2D eigenvalue weighted by Crippen LogP contribution is 2.31. The van der Waals surface area contributed by atoms with E-state index in [1.165, 1.54) is 4.90 Å². The minimum absolute atomic E-state index is 0.250. The number of carbonyl (C=O) groups is 2. The van der Waals surface area contributed by atoms with Crippen LogP contribution < -0.4 is 10.6 Å². The van der Waals surface area contributed by atoms with Gasteiger partial charge >= 0.3 is 0 Å². The Morgan fingerprint density at radius 2 is 2.00 bits per heavy atom. The van der Waals surface area contributed by atoms with Gasteiger partial charge in [-0.1, -0.05) is 29.8 Å². The van der Waals surface area contributed by atoms with Crippen LogP contribution in [0.4, 0.5) is 4.79 Å². The molecular formula is C15H17N3O2S2. The smallest absolute Gasteiger partial charge is 0.293 e. The summed E-state index contributed by atoms with van der Waals surface area (Å²) in [6.07, 6.45) is 1.75. The van der Waals surface area contributed by atoms with E-state index >= 15 is 0 Å². The Labute approximate surface area is 139 Å². The average molecular weight is 335 g/mol. The van der Waals surface area contributed by atoms with Crippen molar-refractivity contribution in [2.24, 2.45) is 0 Å². The van der Waals surface area contributed by atoms with Crippen LogP contribution in [-0.4, -0.2) is 41.3 Å². The molecule has 0 aromatic heterocycles. The fourth-order valence-electron chi connectivity index (χ4n) is 1.88. The van der Waals surface area contributed by atoms with Gasteiger partial charge in [-0.2, -0.15) is 0 Å². The summed E-state index contributed by atoms with van der Waals surface area (Å²) in [6, 6.07) is 7.80. The van der Waals surface area contributed by atoms with Crippen LogP contribution in [0.15, 0.2) is 29.2 Å². The summed E-state index contributed by atoms with van der Waals surface area (Å²) < 4.78 is 0. The molecule has 5 nitrogen and oxygen atoms in total. The quantitative estimate of drug-likeness (QED) is 0.649. The van der Waals surface area contributed by atoms with Gasteiger partial charge < -0.3 is 10.6 Å². The van der Waals surface area contributed by atoms with Gasteiger partial charge in [0.25, 0.3) is 11.1 Å². The lowest BCUT2D eigenvalue weighted by Crippen LogP contribution is -2.40. The van der Waals surface area contributed by atoms with Crippen LogP contribution in [0, 0.1) is 6.92 Å². The largest absolute Gasteiger partial charge is 0.366 e. The molecule has 2 N–H and O–H groups in total. The molecule has 1 aliphatic rings. The Balaban J connectivity index is 2.02. The van der Waals surface area contributed by atoms with Crippen molar-refractivity contribution in [2.45, 2.75) is 6.92 Å². The van der Waals surface area contributed by atoms with Gasteiger partial charge in [-0.15, -0.1) is 0 Å². The number of hydrogen-bond acceptors (Lipinski definition) is 4. The van der Waals surface area contributed by atoms with Crippen LogP contribution in [0.2, 0.25) is 0 Å². The second kappa shape index (κ2) is 7.42. The number of aryl methyl sites for hydroxylation is 1. The molecule has 0 saturated carbocycles. The Morgan fingerprint density at radius 1 is 1.32 bits per heavy atom. The molecule has 2 rings (SSSR count). The maximum Gasteiger partial charge on any atom is 0.293 e. The second-order valence-electron chi connectivity index (χ2n) is 4.75. The standard InChI is InChI=1S/C15H17N3O2S2/c1-10-3-5-11(6-4-10)9-12-13(19)18(15(20)22-12)8-7-17-14(21)16-2/h3-6,9H,7-8H2,1-2H3,(H2,16,17,21)/b12-9-. The molecule has 0 aliphatic carbocycles. The monoisotopic (exact) mass is 335 g/mol. The molecule has 1 aromatic rings. The zero-order chi connectivity index (χ0) is 16.1. The van der Waals surface area contributed by atoms with Crippen LogP contribution in [0.1, 0.15) is 11.1 Å². The Hall–Kier alpha value is -1.86. The number of amides is 2. The van der Waals surface area contributed by atoms with E-state index in [-0.39, 0.29) is 17.7 Å². The first kappa shape index (κ1) is 16.5. The molecular weight excluding hydrogens is 318 g/mol. The molecule has 0 unspecified atom stereocenters. The minimum atomic E-state index is -0.257. The topological polar surface area (TPSA) is 61.4 Å². The second-order valence-corrected chi connectivity index (χ2v) is 6.15. The number of nitrogens with one attached hydrogen (secondary N) is 2. The summed E-state index contributed by atoms with van der Waals surface area (Å²) in [5.41, 5.74) is 2.06. The number of thioether (sulfide) groups is 1. The summed E-state index contributed by atoms with van der Waals surface area (Å²) in [5.74, 6) is -0.257. The van der Waals surface area contributed by atoms with Gasteiger partial charge in [0.05, 0.1) is 4.91 Å². The molecule has 0 bridgehead atoms. The highest BCUT2D eigenvalue weighted by atomic mass is 32.2. The van der Waals surface area contributed by atoms with Crippen molar-refractivity contribution in [3.05, 3.63) is 40.3 Å². The van der Waals surface area contributed by atoms with Crippen molar-refractivity contribution >= 4 is 46.3 Å². The lowest BCUT2D eigenvalue weighted by Gasteiger charge is -2.13. The van der Waals surface area contributed by atoms with Gasteiger partial charge in [-0.3, -0.25) is 14.5 Å². The van der Waals surface area contributed by atoms with Gasteiger partial charge in [0.2, 0.25) is 0 Å². The molecule has 1 saturated heterocycles. The normalized spacial score (nSPS) is 16.3. The van der Waals surface area contributed by atoms with Crippen molar-refractivity contribution in [1.82, 2.24) is 15.5 Å². The van der Waals surface area contributed by atoms with Crippen LogP contribution in [0.3, 0.4) is 0 Å². The molecule has 1 fully saturated rings. The summed E-state index contributed by atoms with van der Waals surface area (Å²) in [5, 5.41) is 5.93. The third-order valence-corrected chi connectivity index (χ3v) is 4.35. The molecule has 1 aromatic carbocycles. The Morgan fingerprint density at radius 3 is 2.64 bits per heavy atom. The number of benzene rings is 1. The van der Waals surface area contributed by atoms with Crippen LogP contribution in [0.25, 0.3) is 6.08 Å². The van der Waals surface area contributed by atoms with E-state index < -0.39 is 0 Å². The molecule has 116 valence electrons. The van der Waals surface area contributed by atoms with Crippen molar-refractivity contribution < 1.29 is 9.59 Å². The van der Waals surface area contributed by atoms with E-state index in [4.69, 9.17) is 12.2 Å². The molecule has 22 heavy (non-hydrogen) atoms. The average Bonchev–Trinajstić information content (AvgIpc) is 2.76. The molecule has 7 heteroatoms. The lowest BCUT2D eigenvalue weighted by molar-refractivity contribution is -0.122. The zero-order valence-electron chi connectivity index (χ0n) is 12.4. The molecule has 0 radical (unpaired) electrons. The zero-order valence-corrected chi connectivity index (χ0v) is 14.0. The summed E-state index contributed by atoms with van der Waals surface area (Å²) >= 11 is 5.92. The summed E-state index contributed by atoms with van der Waals surface area (Å²) in [6.45, 7) is 2.72. The molecule has 1 aliphatic heterocycles. The van der Waals surface area contributed by atoms with Gasteiger partial charge in [0.1, 0.15) is 0 Å². The summed E-state index contributed by atoms with van der Waals surface area (Å²) in [4.78, 5) is 25.9. The van der Waals surface area contributed by atoms with Gasteiger partial charge in [-0.25, -0.2) is 0 Å². The van der Waals surface area contributed by atoms with E-state index in [1.807, 2.05) is 31.2 Å². The predicted octanol–water partition coefficient (Wildman–Crippen LogP) is 2.13. The van der Waals surface area contributed by atoms with E-state index in [0.29, 0.717) is 16.6 Å². The van der Waals surface area contributed by atoms with Crippen molar-refractivity contribution in [1.29, 1.82) is 0 Å². The number of thiocarbonyl (C=S) groups is 1. The number of rotatable bonds is 4. The predicted molar refractivity (Wildman–Crippen MR) is 93.5 cm³/mol. The fraction of sp³-hybridized carbons (Fsp3) is 0.267. The lowest BCUT2D eigenvalue weighted by atomic mass is 10.1. The Bertz CT molecular complexity index is 626. The molecule has 2 amide bonds. The number of nitrogens with zero attached hydrogens (tertiary/aromatic N) is 1. The van der Waals surface area contributed by atoms with Gasteiger partial charge in [0, 0.05) is 20.1 Å². The van der Waals surface area contributed by atoms with Gasteiger partial charge in [-0.05, 0) is 42.5 Å². The molecule has 0 atom stereocenters. The number of carbonyl (C=O) groups excluding carboxylic acids is 2. The van der Waals surface area contributed by atoms with Crippen LogP contribution in [-0.2, 0) is 4.79 Å². The maximum absolute atomic E-state index is 12.3. The first-order chi connectivity index (χ1) is 10.5. The third kappa shape index (κ3) is 4.08. The minimum Gasteiger partial charge on any atom is -0.366 e. The highest BCUT2D eigenvalue weighted by molar-refractivity contribution is 8.18. The van der Waals surface area contributed by atoms with E-state index in [1.54, 1.807) is 13.1 Å². The third-order valence-electron chi connectivity index (χ3n) is 3.10.